The van der Waals surface area contributed by atoms with E-state index in [0.717, 1.165) is 36.9 Å². The Balaban J connectivity index is 2.28. The molecule has 4 nitrogen and oxygen atoms in total. The molecule has 0 aliphatic rings. The van der Waals surface area contributed by atoms with Crippen LogP contribution >= 0.6 is 11.5 Å². The molecule has 0 fully saturated rings. The molecule has 0 radical (unpaired) electrons. The van der Waals surface area contributed by atoms with Gasteiger partial charge in [0.25, 0.3) is 0 Å². The van der Waals surface area contributed by atoms with Gasteiger partial charge in [-0.15, -0.1) is 0 Å². The first-order chi connectivity index (χ1) is 6.72. The molecule has 0 aliphatic carbocycles. The SMILES string of the molecule is CCCc1nsc(NCCN(C)C)n1. The molecular formula is C9H18N4S. The zero-order valence-electron chi connectivity index (χ0n) is 9.08. The second-order valence-corrected chi connectivity index (χ2v) is 4.25. The third-order valence-electron chi connectivity index (χ3n) is 1.78. The minimum atomic E-state index is 0.924. The molecule has 1 heterocycles. The van der Waals surface area contributed by atoms with Crippen molar-refractivity contribution in [2.75, 3.05) is 32.5 Å². The number of aromatic nitrogens is 2. The van der Waals surface area contributed by atoms with E-state index in [9.17, 15) is 0 Å². The van der Waals surface area contributed by atoms with Crippen LogP contribution in [0.4, 0.5) is 5.13 Å². The van der Waals surface area contributed by atoms with Gasteiger partial charge in [-0.05, 0) is 20.5 Å². The summed E-state index contributed by atoms with van der Waals surface area (Å²) in [6.45, 7) is 4.08. The zero-order chi connectivity index (χ0) is 10.4. The van der Waals surface area contributed by atoms with Gasteiger partial charge in [-0.3, -0.25) is 0 Å². The van der Waals surface area contributed by atoms with Crippen LogP contribution in [0.3, 0.4) is 0 Å². The van der Waals surface area contributed by atoms with Gasteiger partial charge >= 0.3 is 0 Å². The normalized spacial score (nSPS) is 10.9. The van der Waals surface area contributed by atoms with Crippen LogP contribution in [-0.4, -0.2) is 41.4 Å². The molecule has 1 N–H and O–H groups in total. The van der Waals surface area contributed by atoms with E-state index in [0.29, 0.717) is 0 Å². The van der Waals surface area contributed by atoms with Crippen LogP contribution in [0.2, 0.25) is 0 Å². The Kier molecular flexibility index (Phi) is 4.82. The summed E-state index contributed by atoms with van der Waals surface area (Å²) in [5.74, 6) is 0.963. The number of aryl methyl sites for hydroxylation is 1. The van der Waals surface area contributed by atoms with Crippen molar-refractivity contribution in [3.63, 3.8) is 0 Å². The molecule has 0 atom stereocenters. The summed E-state index contributed by atoms with van der Waals surface area (Å²) in [6, 6.07) is 0. The van der Waals surface area contributed by atoms with Crippen molar-refractivity contribution in [1.29, 1.82) is 0 Å². The summed E-state index contributed by atoms with van der Waals surface area (Å²) >= 11 is 1.45. The topological polar surface area (TPSA) is 41.1 Å². The Morgan fingerprint density at radius 3 is 2.86 bits per heavy atom. The average molecular weight is 214 g/mol. The van der Waals surface area contributed by atoms with E-state index >= 15 is 0 Å². The quantitative estimate of drug-likeness (QED) is 0.778. The van der Waals surface area contributed by atoms with E-state index in [1.165, 1.54) is 11.5 Å². The Labute approximate surface area is 89.5 Å². The third kappa shape index (κ3) is 4.02. The van der Waals surface area contributed by atoms with Crippen molar-refractivity contribution < 1.29 is 0 Å². The summed E-state index contributed by atoms with van der Waals surface area (Å²) < 4.78 is 4.26. The van der Waals surface area contributed by atoms with Gasteiger partial charge < -0.3 is 10.2 Å². The fourth-order valence-electron chi connectivity index (χ4n) is 1.04. The Morgan fingerprint density at radius 1 is 1.43 bits per heavy atom. The van der Waals surface area contributed by atoms with Crippen molar-refractivity contribution in [1.82, 2.24) is 14.3 Å². The number of rotatable bonds is 6. The average Bonchev–Trinajstić information content (AvgIpc) is 2.53. The maximum atomic E-state index is 4.37. The largest absolute Gasteiger partial charge is 0.359 e. The molecule has 1 rings (SSSR count). The molecule has 0 spiro atoms. The molecule has 80 valence electrons. The zero-order valence-corrected chi connectivity index (χ0v) is 9.89. The van der Waals surface area contributed by atoms with Crippen molar-refractivity contribution in [2.45, 2.75) is 19.8 Å². The van der Waals surface area contributed by atoms with E-state index in [-0.39, 0.29) is 0 Å². The molecule has 0 bridgehead atoms. The minimum absolute atomic E-state index is 0.924. The summed E-state index contributed by atoms with van der Waals surface area (Å²) in [5, 5.41) is 4.20. The van der Waals surface area contributed by atoms with Gasteiger partial charge in [0.1, 0.15) is 5.82 Å². The van der Waals surface area contributed by atoms with Crippen LogP contribution in [0.25, 0.3) is 0 Å². The summed E-state index contributed by atoms with van der Waals surface area (Å²) in [6.07, 6.45) is 2.08. The fourth-order valence-corrected chi connectivity index (χ4v) is 1.67. The van der Waals surface area contributed by atoms with Gasteiger partial charge in [-0.1, -0.05) is 6.92 Å². The number of anilines is 1. The van der Waals surface area contributed by atoms with Crippen molar-refractivity contribution in [2.24, 2.45) is 0 Å². The van der Waals surface area contributed by atoms with Crippen molar-refractivity contribution >= 4 is 16.7 Å². The molecule has 1 aromatic heterocycles. The molecule has 0 unspecified atom stereocenters. The highest BCUT2D eigenvalue weighted by atomic mass is 32.1. The first kappa shape index (κ1) is 11.4. The highest BCUT2D eigenvalue weighted by Crippen LogP contribution is 2.11. The maximum absolute atomic E-state index is 4.37. The van der Waals surface area contributed by atoms with Crippen LogP contribution in [0.1, 0.15) is 19.2 Å². The lowest BCUT2D eigenvalue weighted by Crippen LogP contribution is -2.20. The maximum Gasteiger partial charge on any atom is 0.202 e. The monoisotopic (exact) mass is 214 g/mol. The van der Waals surface area contributed by atoms with E-state index < -0.39 is 0 Å². The van der Waals surface area contributed by atoms with Gasteiger partial charge in [0.05, 0.1) is 0 Å². The van der Waals surface area contributed by atoms with Crippen molar-refractivity contribution in [3.8, 4) is 0 Å². The highest BCUT2D eigenvalue weighted by Gasteiger charge is 2.01. The molecule has 5 heteroatoms. The van der Waals surface area contributed by atoms with E-state index in [1.807, 2.05) is 0 Å². The summed E-state index contributed by atoms with van der Waals surface area (Å²) in [5.41, 5.74) is 0. The van der Waals surface area contributed by atoms with E-state index in [2.05, 4.69) is 40.6 Å². The highest BCUT2D eigenvalue weighted by molar-refractivity contribution is 7.09. The number of likely N-dealkylation sites (N-methyl/N-ethyl adjacent to an activating group) is 1. The lowest BCUT2D eigenvalue weighted by Gasteiger charge is -2.08. The second kappa shape index (κ2) is 5.93. The van der Waals surface area contributed by atoms with Crippen LogP contribution in [0.15, 0.2) is 0 Å². The molecule has 0 saturated heterocycles. The Hall–Kier alpha value is -0.680. The molecular weight excluding hydrogens is 196 g/mol. The van der Waals surface area contributed by atoms with E-state index in [1.54, 1.807) is 0 Å². The summed E-state index contributed by atoms with van der Waals surface area (Å²) in [7, 11) is 4.12. The van der Waals surface area contributed by atoms with Gasteiger partial charge in [0.15, 0.2) is 0 Å². The summed E-state index contributed by atoms with van der Waals surface area (Å²) in [4.78, 5) is 6.51. The van der Waals surface area contributed by atoms with Crippen LogP contribution in [-0.2, 0) is 6.42 Å². The van der Waals surface area contributed by atoms with Gasteiger partial charge in [0.2, 0.25) is 5.13 Å². The predicted molar refractivity (Wildman–Crippen MR) is 60.9 cm³/mol. The lowest BCUT2D eigenvalue weighted by atomic mass is 10.3. The van der Waals surface area contributed by atoms with Crippen molar-refractivity contribution in [3.05, 3.63) is 5.82 Å². The lowest BCUT2D eigenvalue weighted by molar-refractivity contribution is 0.425. The van der Waals surface area contributed by atoms with E-state index in [4.69, 9.17) is 0 Å². The number of nitrogens with zero attached hydrogens (tertiary/aromatic N) is 3. The van der Waals surface area contributed by atoms with Gasteiger partial charge in [-0.25, -0.2) is 4.98 Å². The van der Waals surface area contributed by atoms with Gasteiger partial charge in [0, 0.05) is 31.0 Å². The molecule has 0 saturated carbocycles. The standard InChI is InChI=1S/C9H18N4S/c1-4-5-8-11-9(14-12-8)10-6-7-13(2)3/h4-7H2,1-3H3,(H,10,11,12). The number of nitrogens with one attached hydrogen (secondary N) is 1. The van der Waals surface area contributed by atoms with Crippen LogP contribution < -0.4 is 5.32 Å². The molecule has 1 aromatic rings. The third-order valence-corrected chi connectivity index (χ3v) is 2.49. The smallest absolute Gasteiger partial charge is 0.202 e. The van der Waals surface area contributed by atoms with Crippen LogP contribution in [0, 0.1) is 0 Å². The second-order valence-electron chi connectivity index (χ2n) is 3.50. The first-order valence-electron chi connectivity index (χ1n) is 4.93. The Bertz CT molecular complexity index is 259. The molecule has 0 aliphatic heterocycles. The molecule has 0 aromatic carbocycles. The predicted octanol–water partition coefficient (Wildman–Crippen LogP) is 1.46. The van der Waals surface area contributed by atoms with Gasteiger partial charge in [-0.2, -0.15) is 4.37 Å². The Morgan fingerprint density at radius 2 is 2.21 bits per heavy atom. The fraction of sp³-hybridized carbons (Fsp3) is 0.778. The minimum Gasteiger partial charge on any atom is -0.359 e. The van der Waals surface area contributed by atoms with Crippen LogP contribution in [0.5, 0.6) is 0 Å². The first-order valence-corrected chi connectivity index (χ1v) is 5.71. The molecule has 14 heavy (non-hydrogen) atoms. The molecule has 0 amide bonds. The number of hydrogen-bond donors (Lipinski definition) is 1. The number of hydrogen-bond acceptors (Lipinski definition) is 5.